The largest absolute Gasteiger partial charge is 0.477 e. The Hall–Kier alpha value is -0.200. The summed E-state index contributed by atoms with van der Waals surface area (Å²) in [7, 11) is 1.45. The molecule has 0 bridgehead atoms. The Morgan fingerprint density at radius 3 is 2.54 bits per heavy atom. The molecule has 0 spiro atoms. The summed E-state index contributed by atoms with van der Waals surface area (Å²) in [6.07, 6.45) is 0. The lowest BCUT2D eigenvalue weighted by Crippen LogP contribution is -2.12. The van der Waals surface area contributed by atoms with Crippen molar-refractivity contribution in [1.82, 2.24) is 0 Å². The van der Waals surface area contributed by atoms with Gasteiger partial charge in [0.2, 0.25) is 0 Å². The van der Waals surface area contributed by atoms with Crippen LogP contribution >= 0.6 is 6.72 Å². The van der Waals surface area contributed by atoms with Gasteiger partial charge in [-0.1, -0.05) is 0 Å². The van der Waals surface area contributed by atoms with E-state index < -0.39 is 6.72 Å². The van der Waals surface area contributed by atoms with Crippen LogP contribution < -0.4 is 0 Å². The van der Waals surface area contributed by atoms with E-state index in [1.54, 1.807) is 6.92 Å². The van der Waals surface area contributed by atoms with Gasteiger partial charge in [-0.2, -0.15) is 0 Å². The first-order chi connectivity index (χ1) is 5.99. The molecule has 0 heterocycles. The number of hydrogen-bond donors (Lipinski definition) is 2. The van der Waals surface area contributed by atoms with E-state index in [4.69, 9.17) is 19.3 Å². The number of hydrogen-bond acceptors (Lipinski definition) is 5. The molecule has 0 aliphatic carbocycles. The minimum atomic E-state index is -3.76. The predicted molar refractivity (Wildman–Crippen MR) is 50.7 cm³/mol. The number of oxime groups is 1. The highest BCUT2D eigenvalue weighted by Crippen LogP contribution is 2.36. The lowest BCUT2D eigenvalue weighted by atomic mass is 10.7. The summed E-state index contributed by atoms with van der Waals surface area (Å²) < 4.78 is 13.8. The minimum absolute atomic E-state index is 0.0865. The number of rotatable bonds is 5. The van der Waals surface area contributed by atoms with Gasteiger partial charge in [0.1, 0.15) is 6.61 Å². The highest BCUT2D eigenvalue weighted by Gasteiger charge is 2.09. The molecule has 78 valence electrons. The lowest BCUT2D eigenvalue weighted by Gasteiger charge is -2.07. The summed E-state index contributed by atoms with van der Waals surface area (Å²) in [5, 5.41) is 3.29. The fraction of sp³-hybridized carbons (Fsp3) is 0.800. The van der Waals surface area contributed by atoms with Crippen molar-refractivity contribution in [3.05, 3.63) is 0 Å². The van der Waals surface area contributed by atoms with Crippen LogP contribution in [0.25, 0.3) is 0 Å². The number of nitrogens with zero attached hydrogens (tertiary/aromatic N) is 1. The molecule has 8 heteroatoms. The molecule has 0 aliphatic rings. The lowest BCUT2D eigenvalue weighted by molar-refractivity contribution is 0.188. The van der Waals surface area contributed by atoms with E-state index in [0.29, 0.717) is 6.61 Å². The SMILES string of the molecule is CCOC(COC)=NOP(O)(O)=S. The van der Waals surface area contributed by atoms with Crippen LogP contribution in [0.15, 0.2) is 5.16 Å². The molecule has 0 saturated carbocycles. The Bertz CT molecular complexity index is 207. The van der Waals surface area contributed by atoms with Crippen molar-refractivity contribution in [2.45, 2.75) is 6.92 Å². The van der Waals surface area contributed by atoms with Gasteiger partial charge < -0.3 is 23.9 Å². The molecule has 0 rings (SSSR count). The van der Waals surface area contributed by atoms with Crippen LogP contribution in [0, 0.1) is 0 Å². The smallest absolute Gasteiger partial charge is 0.397 e. The van der Waals surface area contributed by atoms with Crippen molar-refractivity contribution >= 4 is 24.4 Å². The van der Waals surface area contributed by atoms with Gasteiger partial charge in [0.15, 0.2) is 0 Å². The first kappa shape index (κ1) is 12.8. The van der Waals surface area contributed by atoms with Crippen LogP contribution in [-0.4, -0.2) is 36.0 Å². The summed E-state index contributed by atoms with van der Waals surface area (Å²) in [6.45, 7) is -1.54. The second-order valence-electron chi connectivity index (χ2n) is 1.92. The average molecular weight is 229 g/mol. The maximum Gasteiger partial charge on any atom is 0.397 e. The summed E-state index contributed by atoms with van der Waals surface area (Å²) in [6, 6.07) is 0. The Morgan fingerprint density at radius 2 is 2.15 bits per heavy atom. The summed E-state index contributed by atoms with van der Waals surface area (Å²) in [4.78, 5) is 17.3. The molecule has 13 heavy (non-hydrogen) atoms. The van der Waals surface area contributed by atoms with Crippen LogP contribution in [-0.2, 0) is 25.9 Å². The van der Waals surface area contributed by atoms with Crippen LogP contribution in [0.1, 0.15) is 6.92 Å². The maximum absolute atomic E-state index is 8.66. The van der Waals surface area contributed by atoms with Crippen LogP contribution in [0.2, 0.25) is 0 Å². The maximum atomic E-state index is 8.66. The van der Waals surface area contributed by atoms with Gasteiger partial charge >= 0.3 is 6.72 Å². The van der Waals surface area contributed by atoms with Crippen molar-refractivity contribution in [2.24, 2.45) is 5.16 Å². The average Bonchev–Trinajstić information content (AvgIpc) is 2.00. The van der Waals surface area contributed by atoms with E-state index in [0.717, 1.165) is 0 Å². The first-order valence-electron chi connectivity index (χ1n) is 3.42. The summed E-state index contributed by atoms with van der Waals surface area (Å²) in [5.74, 6) is 0.113. The van der Waals surface area contributed by atoms with E-state index in [2.05, 4.69) is 21.6 Å². The van der Waals surface area contributed by atoms with Crippen LogP contribution in [0.4, 0.5) is 0 Å². The molecule has 0 aliphatic heterocycles. The van der Waals surface area contributed by atoms with E-state index in [9.17, 15) is 0 Å². The molecule has 0 aromatic carbocycles. The van der Waals surface area contributed by atoms with Gasteiger partial charge in [0, 0.05) is 18.9 Å². The van der Waals surface area contributed by atoms with E-state index in [1.807, 2.05) is 0 Å². The van der Waals surface area contributed by atoms with Gasteiger partial charge in [-0.3, -0.25) is 0 Å². The molecule has 0 saturated heterocycles. The second-order valence-corrected chi connectivity index (χ2v) is 4.49. The van der Waals surface area contributed by atoms with Crippen LogP contribution in [0.5, 0.6) is 0 Å². The third kappa shape index (κ3) is 8.14. The molecular formula is C5H12NO5PS. The fourth-order valence-corrected chi connectivity index (χ4v) is 0.781. The minimum Gasteiger partial charge on any atom is -0.477 e. The molecule has 2 N–H and O–H groups in total. The van der Waals surface area contributed by atoms with Crippen molar-refractivity contribution in [2.75, 3.05) is 20.3 Å². The van der Waals surface area contributed by atoms with Crippen molar-refractivity contribution in [1.29, 1.82) is 0 Å². The van der Waals surface area contributed by atoms with Crippen molar-refractivity contribution in [3.8, 4) is 0 Å². The van der Waals surface area contributed by atoms with Gasteiger partial charge in [-0.05, 0) is 12.1 Å². The fourth-order valence-electron chi connectivity index (χ4n) is 0.483. The summed E-state index contributed by atoms with van der Waals surface area (Å²) in [5.41, 5.74) is 0. The molecule has 0 amide bonds. The first-order valence-corrected chi connectivity index (χ1v) is 6.05. The highest BCUT2D eigenvalue weighted by atomic mass is 32.5. The zero-order chi connectivity index (χ0) is 10.3. The van der Waals surface area contributed by atoms with Gasteiger partial charge in [0.25, 0.3) is 5.90 Å². The highest BCUT2D eigenvalue weighted by molar-refractivity contribution is 8.06. The predicted octanol–water partition coefficient (Wildman–Crippen LogP) is 0.209. The van der Waals surface area contributed by atoms with Crippen LogP contribution in [0.3, 0.4) is 0 Å². The third-order valence-corrected chi connectivity index (χ3v) is 1.32. The Morgan fingerprint density at radius 1 is 1.54 bits per heavy atom. The molecule has 0 aromatic rings. The van der Waals surface area contributed by atoms with Crippen molar-refractivity contribution in [3.63, 3.8) is 0 Å². The Kier molecular flexibility index (Phi) is 6.19. The van der Waals surface area contributed by atoms with E-state index in [1.165, 1.54) is 7.11 Å². The standard InChI is InChI=1S/C5H12NO5PS/c1-3-10-5(4-9-2)6-11-12(7,8)13/h3-4H2,1-2H3,(H2,7,8,13). The van der Waals surface area contributed by atoms with E-state index in [-0.39, 0.29) is 12.5 Å². The van der Waals surface area contributed by atoms with E-state index >= 15 is 0 Å². The molecular weight excluding hydrogens is 217 g/mol. The molecule has 0 aromatic heterocycles. The molecule has 0 unspecified atom stereocenters. The molecule has 0 fully saturated rings. The summed E-state index contributed by atoms with van der Waals surface area (Å²) >= 11 is 4.17. The van der Waals surface area contributed by atoms with Crippen molar-refractivity contribution < 1.29 is 23.9 Å². The normalized spacial score (nSPS) is 12.8. The molecule has 0 radical (unpaired) electrons. The number of ether oxygens (including phenoxy) is 2. The zero-order valence-electron chi connectivity index (χ0n) is 7.34. The van der Waals surface area contributed by atoms with Gasteiger partial charge in [-0.15, -0.1) is 0 Å². The second kappa shape index (κ2) is 6.28. The topological polar surface area (TPSA) is 80.5 Å². The van der Waals surface area contributed by atoms with Gasteiger partial charge in [0.05, 0.1) is 6.61 Å². The third-order valence-electron chi connectivity index (χ3n) is 0.828. The molecule has 6 nitrogen and oxygen atoms in total. The molecule has 0 atom stereocenters. The number of methoxy groups -OCH3 is 1. The van der Waals surface area contributed by atoms with Gasteiger partial charge in [-0.25, -0.2) is 0 Å². The zero-order valence-corrected chi connectivity index (χ0v) is 9.05. The quantitative estimate of drug-likeness (QED) is 0.303. The monoisotopic (exact) mass is 229 g/mol. The Balaban J connectivity index is 4.10. The Labute approximate surface area is 81.4 Å².